The molecule has 0 aliphatic rings. The summed E-state index contributed by atoms with van der Waals surface area (Å²) in [6.07, 6.45) is 0. The molecule has 0 amide bonds. The second kappa shape index (κ2) is 6.57. The lowest BCUT2D eigenvalue weighted by atomic mass is 10.1. The highest BCUT2D eigenvalue weighted by atomic mass is 16.6. The van der Waals surface area contributed by atoms with E-state index >= 15 is 0 Å². The third-order valence-electron chi connectivity index (χ3n) is 3.54. The first-order chi connectivity index (χ1) is 11.1. The Kier molecular flexibility index (Phi) is 4.33. The number of para-hydroxylation sites is 1. The molecule has 3 aromatic rings. The lowest BCUT2D eigenvalue weighted by molar-refractivity contribution is -0.147. The molecular formula is C19H18O4. The number of benzene rings is 2. The third kappa shape index (κ3) is 3.72. The van der Waals surface area contributed by atoms with Gasteiger partial charge in [-0.3, -0.25) is 0 Å². The van der Waals surface area contributed by atoms with Gasteiger partial charge in [-0.1, -0.05) is 30.3 Å². The molecule has 0 radical (unpaired) electrons. The molecule has 118 valence electrons. The van der Waals surface area contributed by atoms with Gasteiger partial charge in [0.25, 0.3) is 0 Å². The smallest absolute Gasteiger partial charge is 0.344 e. The summed E-state index contributed by atoms with van der Waals surface area (Å²) in [5.41, 5.74) is 2.85. The number of carbonyl (C=O) groups excluding carboxylic acids is 1. The zero-order valence-corrected chi connectivity index (χ0v) is 13.2. The molecule has 23 heavy (non-hydrogen) atoms. The van der Waals surface area contributed by atoms with Crippen LogP contribution in [-0.2, 0) is 16.1 Å². The number of rotatable bonds is 5. The highest BCUT2D eigenvalue weighted by molar-refractivity contribution is 5.77. The van der Waals surface area contributed by atoms with Crippen LogP contribution in [0.15, 0.2) is 52.9 Å². The fourth-order valence-corrected chi connectivity index (χ4v) is 2.30. The van der Waals surface area contributed by atoms with Crippen molar-refractivity contribution in [2.45, 2.75) is 20.5 Å². The van der Waals surface area contributed by atoms with E-state index in [1.54, 1.807) is 0 Å². The van der Waals surface area contributed by atoms with Crippen LogP contribution in [0.2, 0.25) is 0 Å². The van der Waals surface area contributed by atoms with Crippen LogP contribution in [0.25, 0.3) is 11.0 Å². The van der Waals surface area contributed by atoms with E-state index in [1.165, 1.54) is 0 Å². The van der Waals surface area contributed by atoms with Crippen molar-refractivity contribution < 1.29 is 18.7 Å². The van der Waals surface area contributed by atoms with Gasteiger partial charge in [0.1, 0.15) is 23.7 Å². The summed E-state index contributed by atoms with van der Waals surface area (Å²) in [6.45, 7) is 3.90. The van der Waals surface area contributed by atoms with Gasteiger partial charge in [0.05, 0.1) is 0 Å². The predicted octanol–water partition coefficient (Wildman–Crippen LogP) is 4.17. The molecular weight excluding hydrogens is 292 g/mol. The predicted molar refractivity (Wildman–Crippen MR) is 87.4 cm³/mol. The van der Waals surface area contributed by atoms with Crippen LogP contribution in [0, 0.1) is 13.8 Å². The Labute approximate surface area is 134 Å². The minimum Gasteiger partial charge on any atom is -0.482 e. The van der Waals surface area contributed by atoms with Crippen molar-refractivity contribution in [1.29, 1.82) is 0 Å². The molecule has 1 heterocycles. The van der Waals surface area contributed by atoms with Crippen LogP contribution in [-0.4, -0.2) is 12.6 Å². The Hall–Kier alpha value is -2.75. The number of furan rings is 1. The van der Waals surface area contributed by atoms with Crippen molar-refractivity contribution in [2.75, 3.05) is 6.61 Å². The van der Waals surface area contributed by atoms with E-state index in [2.05, 4.69) is 0 Å². The van der Waals surface area contributed by atoms with E-state index in [0.717, 1.165) is 22.1 Å². The van der Waals surface area contributed by atoms with Crippen LogP contribution >= 0.6 is 0 Å². The quantitative estimate of drug-likeness (QED) is 0.664. The number of carbonyl (C=O) groups is 1. The Morgan fingerprint density at radius 2 is 1.91 bits per heavy atom. The van der Waals surface area contributed by atoms with Crippen molar-refractivity contribution in [1.82, 2.24) is 0 Å². The van der Waals surface area contributed by atoms with Gasteiger partial charge in [0.2, 0.25) is 0 Å². The molecule has 0 fully saturated rings. The summed E-state index contributed by atoms with van der Waals surface area (Å²) < 4.78 is 16.3. The van der Waals surface area contributed by atoms with Gasteiger partial charge in [-0.25, -0.2) is 4.79 Å². The highest BCUT2D eigenvalue weighted by Gasteiger charge is 2.09. The van der Waals surface area contributed by atoms with E-state index < -0.39 is 5.97 Å². The molecule has 0 spiro atoms. The maximum absolute atomic E-state index is 11.8. The van der Waals surface area contributed by atoms with Crippen molar-refractivity contribution in [3.8, 4) is 5.75 Å². The van der Waals surface area contributed by atoms with Gasteiger partial charge >= 0.3 is 5.97 Å². The van der Waals surface area contributed by atoms with Crippen LogP contribution in [0.3, 0.4) is 0 Å². The Morgan fingerprint density at radius 3 is 2.74 bits per heavy atom. The number of hydrogen-bond acceptors (Lipinski definition) is 4. The van der Waals surface area contributed by atoms with Crippen LogP contribution in [0.5, 0.6) is 5.75 Å². The minimum absolute atomic E-state index is 0.101. The Morgan fingerprint density at radius 1 is 1.09 bits per heavy atom. The molecule has 4 nitrogen and oxygen atoms in total. The summed E-state index contributed by atoms with van der Waals surface area (Å²) in [5, 5.41) is 0.991. The summed E-state index contributed by atoms with van der Waals surface area (Å²) in [4.78, 5) is 11.8. The molecule has 4 heteroatoms. The number of fused-ring (bicyclic) bond motifs is 1. The van der Waals surface area contributed by atoms with Crippen molar-refractivity contribution in [3.05, 3.63) is 65.4 Å². The molecule has 0 saturated carbocycles. The molecule has 3 rings (SSSR count). The van der Waals surface area contributed by atoms with Gasteiger partial charge < -0.3 is 13.9 Å². The monoisotopic (exact) mass is 310 g/mol. The van der Waals surface area contributed by atoms with E-state index in [-0.39, 0.29) is 13.2 Å². The minimum atomic E-state index is -0.425. The maximum atomic E-state index is 11.8. The van der Waals surface area contributed by atoms with Crippen molar-refractivity contribution in [2.24, 2.45) is 0 Å². The van der Waals surface area contributed by atoms with E-state index in [4.69, 9.17) is 13.9 Å². The fourth-order valence-electron chi connectivity index (χ4n) is 2.30. The third-order valence-corrected chi connectivity index (χ3v) is 3.54. The second-order valence-corrected chi connectivity index (χ2v) is 5.47. The second-order valence-electron chi connectivity index (χ2n) is 5.47. The molecule has 0 bridgehead atoms. The van der Waals surface area contributed by atoms with E-state index in [9.17, 15) is 4.79 Å². The number of hydrogen-bond donors (Lipinski definition) is 0. The molecule has 2 aromatic carbocycles. The van der Waals surface area contributed by atoms with E-state index in [0.29, 0.717) is 11.5 Å². The summed E-state index contributed by atoms with van der Waals surface area (Å²) in [6, 6.07) is 15.4. The van der Waals surface area contributed by atoms with Gasteiger partial charge in [-0.15, -0.1) is 0 Å². The van der Waals surface area contributed by atoms with E-state index in [1.807, 2.05) is 62.4 Å². The average molecular weight is 310 g/mol. The van der Waals surface area contributed by atoms with Gasteiger partial charge in [-0.2, -0.15) is 0 Å². The number of aryl methyl sites for hydroxylation is 2. The average Bonchev–Trinajstić information content (AvgIpc) is 2.96. The zero-order chi connectivity index (χ0) is 16.2. The van der Waals surface area contributed by atoms with Crippen LogP contribution < -0.4 is 4.74 Å². The normalized spacial score (nSPS) is 10.7. The Bertz CT molecular complexity index is 799. The molecule has 0 aliphatic heterocycles. The molecule has 0 atom stereocenters. The van der Waals surface area contributed by atoms with Crippen LogP contribution in [0.1, 0.15) is 16.9 Å². The number of esters is 1. The SMILES string of the molecule is Cc1ccc(C)c(OCC(=O)OCc2cc3ccccc3o2)c1. The maximum Gasteiger partial charge on any atom is 0.344 e. The zero-order valence-electron chi connectivity index (χ0n) is 13.2. The fraction of sp³-hybridized carbons (Fsp3) is 0.211. The highest BCUT2D eigenvalue weighted by Crippen LogP contribution is 2.20. The summed E-state index contributed by atoms with van der Waals surface area (Å²) in [7, 11) is 0. The standard InChI is InChI=1S/C19H18O4/c1-13-7-8-14(2)18(9-13)21-12-19(20)22-11-16-10-15-5-3-4-6-17(15)23-16/h3-10H,11-12H2,1-2H3. The summed E-state index contributed by atoms with van der Waals surface area (Å²) in [5.74, 6) is 0.892. The van der Waals surface area contributed by atoms with Crippen molar-refractivity contribution >= 4 is 16.9 Å². The van der Waals surface area contributed by atoms with Crippen molar-refractivity contribution in [3.63, 3.8) is 0 Å². The van der Waals surface area contributed by atoms with Gasteiger partial charge in [-0.05, 0) is 43.2 Å². The topological polar surface area (TPSA) is 48.7 Å². The largest absolute Gasteiger partial charge is 0.482 e. The first-order valence-corrected chi connectivity index (χ1v) is 7.45. The van der Waals surface area contributed by atoms with Gasteiger partial charge in [0, 0.05) is 5.39 Å². The molecule has 0 unspecified atom stereocenters. The molecule has 0 saturated heterocycles. The molecule has 0 aliphatic carbocycles. The Balaban J connectivity index is 1.54. The summed E-state index contributed by atoms with van der Waals surface area (Å²) >= 11 is 0. The van der Waals surface area contributed by atoms with Crippen LogP contribution in [0.4, 0.5) is 0 Å². The first kappa shape index (κ1) is 15.2. The molecule has 1 aromatic heterocycles. The first-order valence-electron chi connectivity index (χ1n) is 7.45. The number of ether oxygens (including phenoxy) is 2. The lowest BCUT2D eigenvalue weighted by Crippen LogP contribution is -2.15. The lowest BCUT2D eigenvalue weighted by Gasteiger charge is -2.09. The van der Waals surface area contributed by atoms with Gasteiger partial charge in [0.15, 0.2) is 6.61 Å². The molecule has 0 N–H and O–H groups in total.